The third kappa shape index (κ3) is 4.27. The maximum atomic E-state index is 11.2. The zero-order valence-corrected chi connectivity index (χ0v) is 13.0. The predicted molar refractivity (Wildman–Crippen MR) is 86.3 cm³/mol. The number of benzene rings is 1. The molecule has 1 aromatic carbocycles. The summed E-state index contributed by atoms with van der Waals surface area (Å²) >= 11 is 1.77. The quantitative estimate of drug-likeness (QED) is 0.899. The molecule has 4 nitrogen and oxygen atoms in total. The van der Waals surface area contributed by atoms with E-state index in [1.807, 2.05) is 12.1 Å². The van der Waals surface area contributed by atoms with E-state index in [0.29, 0.717) is 16.2 Å². The molecular formula is C15H21N3OS. The predicted octanol–water partition coefficient (Wildman–Crippen LogP) is 3.11. The van der Waals surface area contributed by atoms with Gasteiger partial charge in [-0.15, -0.1) is 0 Å². The van der Waals surface area contributed by atoms with Gasteiger partial charge >= 0.3 is 0 Å². The summed E-state index contributed by atoms with van der Waals surface area (Å²) in [6.07, 6.45) is 1.13. The molecule has 2 rings (SSSR count). The van der Waals surface area contributed by atoms with Gasteiger partial charge in [-0.3, -0.25) is 9.79 Å². The standard InChI is InChI=1S/C15H21N3OS/c1-15(2,3)8-12-9-17-14(20-12)18-11-6-4-5-10(7-11)13(16)19/h4-7,12H,8-9H2,1-3H3,(H2,16,19)(H,17,18). The van der Waals surface area contributed by atoms with Crippen molar-refractivity contribution in [1.82, 2.24) is 0 Å². The van der Waals surface area contributed by atoms with Gasteiger partial charge in [0.2, 0.25) is 5.91 Å². The number of nitrogens with one attached hydrogen (secondary N) is 1. The van der Waals surface area contributed by atoms with Gasteiger partial charge in [0.25, 0.3) is 0 Å². The van der Waals surface area contributed by atoms with Crippen LogP contribution in [0.1, 0.15) is 37.6 Å². The lowest BCUT2D eigenvalue weighted by molar-refractivity contribution is 0.100. The lowest BCUT2D eigenvalue weighted by atomic mass is 9.90. The van der Waals surface area contributed by atoms with Crippen LogP contribution in [0.15, 0.2) is 29.3 Å². The summed E-state index contributed by atoms with van der Waals surface area (Å²) < 4.78 is 0. The van der Waals surface area contributed by atoms with Crippen LogP contribution in [-0.4, -0.2) is 22.9 Å². The van der Waals surface area contributed by atoms with Crippen molar-refractivity contribution in [3.63, 3.8) is 0 Å². The minimum Gasteiger partial charge on any atom is -0.366 e. The Morgan fingerprint density at radius 1 is 1.50 bits per heavy atom. The van der Waals surface area contributed by atoms with Crippen LogP contribution in [0, 0.1) is 5.41 Å². The monoisotopic (exact) mass is 291 g/mol. The zero-order chi connectivity index (χ0) is 14.8. The number of hydrogen-bond donors (Lipinski definition) is 2. The van der Waals surface area contributed by atoms with Gasteiger partial charge in [-0.2, -0.15) is 0 Å². The topological polar surface area (TPSA) is 67.5 Å². The number of primary amides is 1. The van der Waals surface area contributed by atoms with Crippen molar-refractivity contribution in [1.29, 1.82) is 0 Å². The van der Waals surface area contributed by atoms with Gasteiger partial charge in [-0.1, -0.05) is 38.6 Å². The van der Waals surface area contributed by atoms with Gasteiger partial charge in [0.15, 0.2) is 5.17 Å². The third-order valence-electron chi connectivity index (χ3n) is 2.96. The molecule has 1 unspecified atom stereocenters. The van der Waals surface area contributed by atoms with Crippen molar-refractivity contribution < 1.29 is 4.79 Å². The van der Waals surface area contributed by atoms with Gasteiger partial charge < -0.3 is 11.1 Å². The highest BCUT2D eigenvalue weighted by Gasteiger charge is 2.25. The van der Waals surface area contributed by atoms with Crippen LogP contribution in [0.3, 0.4) is 0 Å². The van der Waals surface area contributed by atoms with Gasteiger partial charge in [0, 0.05) is 16.5 Å². The molecule has 5 heteroatoms. The second-order valence-electron chi connectivity index (χ2n) is 6.22. The van der Waals surface area contributed by atoms with Gasteiger partial charge in [0.1, 0.15) is 0 Å². The molecule has 0 saturated heterocycles. The Labute approximate surface area is 124 Å². The Hall–Kier alpha value is -1.49. The van der Waals surface area contributed by atoms with E-state index in [-0.39, 0.29) is 0 Å². The Bertz CT molecular complexity index is 534. The number of carbonyl (C=O) groups excluding carboxylic acids is 1. The molecule has 108 valence electrons. The Kier molecular flexibility index (Phi) is 4.38. The fraction of sp³-hybridized carbons (Fsp3) is 0.467. The second-order valence-corrected chi connectivity index (χ2v) is 7.51. The highest BCUT2D eigenvalue weighted by atomic mass is 32.2. The van der Waals surface area contributed by atoms with Crippen LogP contribution >= 0.6 is 11.8 Å². The largest absolute Gasteiger partial charge is 0.366 e. The lowest BCUT2D eigenvalue weighted by Gasteiger charge is -2.21. The molecular weight excluding hydrogens is 270 g/mol. The number of hydrogen-bond acceptors (Lipinski definition) is 4. The van der Waals surface area contributed by atoms with Crippen LogP contribution in [0.25, 0.3) is 0 Å². The number of anilines is 1. The molecule has 1 aliphatic heterocycles. The van der Waals surface area contributed by atoms with E-state index < -0.39 is 5.91 Å². The van der Waals surface area contributed by atoms with Crippen molar-refractivity contribution >= 4 is 28.5 Å². The molecule has 1 aliphatic rings. The number of aliphatic imine (C=N–C) groups is 1. The fourth-order valence-corrected chi connectivity index (χ4v) is 3.52. The fourth-order valence-electron chi connectivity index (χ4n) is 2.15. The van der Waals surface area contributed by atoms with Crippen molar-refractivity contribution in [2.24, 2.45) is 16.1 Å². The summed E-state index contributed by atoms with van der Waals surface area (Å²) in [6.45, 7) is 7.58. The van der Waals surface area contributed by atoms with E-state index in [4.69, 9.17) is 5.73 Å². The molecule has 0 radical (unpaired) electrons. The minimum atomic E-state index is -0.416. The summed E-state index contributed by atoms with van der Waals surface area (Å²) in [5.41, 5.74) is 6.95. The molecule has 3 N–H and O–H groups in total. The SMILES string of the molecule is CC(C)(C)CC1CN=C(Nc2cccc(C(N)=O)c2)S1. The minimum absolute atomic E-state index is 0.314. The van der Waals surface area contributed by atoms with Crippen molar-refractivity contribution in [2.75, 3.05) is 11.9 Å². The number of nitrogens with two attached hydrogens (primary N) is 1. The molecule has 0 aliphatic carbocycles. The van der Waals surface area contributed by atoms with E-state index in [0.717, 1.165) is 23.8 Å². The second kappa shape index (κ2) is 5.87. The smallest absolute Gasteiger partial charge is 0.248 e. The van der Waals surface area contributed by atoms with E-state index in [1.54, 1.807) is 23.9 Å². The Morgan fingerprint density at radius 3 is 2.90 bits per heavy atom. The van der Waals surface area contributed by atoms with Crippen LogP contribution in [0.4, 0.5) is 5.69 Å². The molecule has 1 heterocycles. The third-order valence-corrected chi connectivity index (χ3v) is 4.06. The number of nitrogens with zero attached hydrogens (tertiary/aromatic N) is 1. The molecule has 0 aromatic heterocycles. The lowest BCUT2D eigenvalue weighted by Crippen LogP contribution is -2.16. The number of amides is 1. The molecule has 20 heavy (non-hydrogen) atoms. The zero-order valence-electron chi connectivity index (χ0n) is 12.1. The molecule has 1 atom stereocenters. The summed E-state index contributed by atoms with van der Waals surface area (Å²) in [4.78, 5) is 15.7. The number of thioether (sulfide) groups is 1. The highest BCUT2D eigenvalue weighted by Crippen LogP contribution is 2.32. The first-order chi connectivity index (χ1) is 9.33. The average Bonchev–Trinajstić information content (AvgIpc) is 2.74. The first-order valence-corrected chi connectivity index (χ1v) is 7.59. The van der Waals surface area contributed by atoms with Crippen LogP contribution < -0.4 is 11.1 Å². The van der Waals surface area contributed by atoms with Crippen molar-refractivity contribution in [3.05, 3.63) is 29.8 Å². The first-order valence-electron chi connectivity index (χ1n) is 6.71. The molecule has 0 spiro atoms. The van der Waals surface area contributed by atoms with Crippen LogP contribution in [0.2, 0.25) is 0 Å². The normalized spacial score (nSPS) is 18.8. The average molecular weight is 291 g/mol. The van der Waals surface area contributed by atoms with E-state index in [2.05, 4.69) is 31.1 Å². The van der Waals surface area contributed by atoms with Crippen molar-refractivity contribution in [2.45, 2.75) is 32.4 Å². The summed E-state index contributed by atoms with van der Waals surface area (Å²) in [5, 5.41) is 4.70. The molecule has 1 amide bonds. The molecule has 1 aromatic rings. The Morgan fingerprint density at radius 2 is 2.25 bits per heavy atom. The van der Waals surface area contributed by atoms with E-state index in [1.165, 1.54) is 0 Å². The Balaban J connectivity index is 1.95. The summed E-state index contributed by atoms with van der Waals surface area (Å²) in [7, 11) is 0. The molecule has 0 fully saturated rings. The number of carbonyl (C=O) groups is 1. The van der Waals surface area contributed by atoms with Gasteiger partial charge in [-0.25, -0.2) is 0 Å². The maximum absolute atomic E-state index is 11.2. The van der Waals surface area contributed by atoms with Crippen LogP contribution in [-0.2, 0) is 0 Å². The van der Waals surface area contributed by atoms with Gasteiger partial charge in [0.05, 0.1) is 6.54 Å². The van der Waals surface area contributed by atoms with Crippen molar-refractivity contribution in [3.8, 4) is 0 Å². The van der Waals surface area contributed by atoms with Crippen LogP contribution in [0.5, 0.6) is 0 Å². The highest BCUT2D eigenvalue weighted by molar-refractivity contribution is 8.15. The molecule has 0 bridgehead atoms. The summed E-state index contributed by atoms with van der Waals surface area (Å²) in [6, 6.07) is 7.18. The first kappa shape index (κ1) is 14.9. The summed E-state index contributed by atoms with van der Waals surface area (Å²) in [5.74, 6) is -0.416. The molecule has 0 saturated carbocycles. The number of rotatable bonds is 3. The van der Waals surface area contributed by atoms with E-state index >= 15 is 0 Å². The van der Waals surface area contributed by atoms with Gasteiger partial charge in [-0.05, 0) is 30.0 Å². The maximum Gasteiger partial charge on any atom is 0.248 e. The van der Waals surface area contributed by atoms with E-state index in [9.17, 15) is 4.79 Å². The number of amidine groups is 1.